The second kappa shape index (κ2) is 5.08. The van der Waals surface area contributed by atoms with Gasteiger partial charge in [0.1, 0.15) is 5.60 Å². The lowest BCUT2D eigenvalue weighted by Crippen LogP contribution is -2.47. The van der Waals surface area contributed by atoms with Gasteiger partial charge < -0.3 is 5.11 Å². The number of fused-ring (bicyclic) bond motifs is 4. The summed E-state index contributed by atoms with van der Waals surface area (Å²) in [6.45, 7) is 2.18. The molecule has 2 heteroatoms. The number of allylic oxidation sites excluding steroid dienone is 3. The molecule has 2 saturated carbocycles. The smallest absolute Gasteiger partial charge is 0.155 e. The zero-order valence-corrected chi connectivity index (χ0v) is 14.0. The lowest BCUT2D eigenvalue weighted by Gasteiger charge is -2.49. The maximum Gasteiger partial charge on any atom is 0.155 e. The Labute approximate surface area is 139 Å². The van der Waals surface area contributed by atoms with Crippen LogP contribution >= 0.6 is 0 Å². The van der Waals surface area contributed by atoms with E-state index in [0.717, 1.165) is 51.4 Å². The quantitative estimate of drug-likeness (QED) is 0.588. The molecule has 1 N–H and O–H groups in total. The minimum atomic E-state index is -0.951. The Bertz CT molecular complexity index is 662. The van der Waals surface area contributed by atoms with Crippen LogP contribution in [0.1, 0.15) is 64.7 Å². The Morgan fingerprint density at radius 1 is 1.22 bits per heavy atom. The van der Waals surface area contributed by atoms with E-state index in [1.807, 2.05) is 6.08 Å². The molecule has 2 nitrogen and oxygen atoms in total. The molecule has 4 unspecified atom stereocenters. The van der Waals surface area contributed by atoms with Gasteiger partial charge in [-0.25, -0.2) is 0 Å². The van der Waals surface area contributed by atoms with Crippen LogP contribution in [0.3, 0.4) is 0 Å². The first-order valence-corrected chi connectivity index (χ1v) is 9.20. The van der Waals surface area contributed by atoms with E-state index in [1.54, 1.807) is 5.57 Å². The lowest BCUT2D eigenvalue weighted by atomic mass is 9.56. The average Bonchev–Trinajstić information content (AvgIpc) is 2.88. The maximum atomic E-state index is 11.7. The molecule has 0 aromatic heterocycles. The number of carbonyl (C=O) groups excluding carboxylic acids is 1. The Morgan fingerprint density at radius 2 is 2.04 bits per heavy atom. The minimum absolute atomic E-state index is 0.181. The molecule has 4 rings (SSSR count). The molecule has 0 spiro atoms. The molecule has 0 aromatic rings. The minimum Gasteiger partial charge on any atom is -0.377 e. The number of carbonyl (C=O) groups is 1. The van der Waals surface area contributed by atoms with Gasteiger partial charge in [0.05, 0.1) is 0 Å². The third kappa shape index (κ3) is 1.89. The molecular weight excluding hydrogens is 284 g/mol. The van der Waals surface area contributed by atoms with Gasteiger partial charge in [0.2, 0.25) is 0 Å². The number of hydrogen-bond acceptors (Lipinski definition) is 2. The summed E-state index contributed by atoms with van der Waals surface area (Å²) in [5.74, 6) is 4.23. The van der Waals surface area contributed by atoms with Crippen molar-refractivity contribution in [2.24, 2.45) is 17.3 Å². The first-order chi connectivity index (χ1) is 11.0. The van der Waals surface area contributed by atoms with Crippen molar-refractivity contribution in [3.05, 3.63) is 22.8 Å². The van der Waals surface area contributed by atoms with Crippen LogP contribution in [0.4, 0.5) is 0 Å². The maximum absolute atomic E-state index is 11.7. The Hall–Kier alpha value is -1.33. The van der Waals surface area contributed by atoms with E-state index in [9.17, 15) is 9.90 Å². The monoisotopic (exact) mass is 310 g/mol. The van der Waals surface area contributed by atoms with E-state index in [2.05, 4.69) is 12.8 Å². The molecule has 4 atom stereocenters. The second-order valence-electron chi connectivity index (χ2n) is 7.92. The van der Waals surface area contributed by atoms with Gasteiger partial charge in [-0.2, -0.15) is 0 Å². The topological polar surface area (TPSA) is 37.3 Å². The molecule has 0 amide bonds. The van der Waals surface area contributed by atoms with Gasteiger partial charge in [-0.15, -0.1) is 6.42 Å². The van der Waals surface area contributed by atoms with Gasteiger partial charge in [0, 0.05) is 11.8 Å². The van der Waals surface area contributed by atoms with Crippen molar-refractivity contribution in [3.8, 4) is 12.3 Å². The summed E-state index contributed by atoms with van der Waals surface area (Å²) in [7, 11) is 0. The summed E-state index contributed by atoms with van der Waals surface area (Å²) in [6.07, 6.45) is 16.3. The van der Waals surface area contributed by atoms with E-state index < -0.39 is 5.60 Å². The van der Waals surface area contributed by atoms with E-state index >= 15 is 0 Å². The predicted molar refractivity (Wildman–Crippen MR) is 90.5 cm³/mol. The molecule has 122 valence electrons. The summed E-state index contributed by atoms with van der Waals surface area (Å²) >= 11 is 0. The molecule has 2 fully saturated rings. The molecule has 4 aliphatic carbocycles. The van der Waals surface area contributed by atoms with Crippen LogP contribution in [0.5, 0.6) is 0 Å². The van der Waals surface area contributed by atoms with Crippen LogP contribution in [-0.4, -0.2) is 16.5 Å². The lowest BCUT2D eigenvalue weighted by molar-refractivity contribution is -0.115. The van der Waals surface area contributed by atoms with E-state index in [1.165, 1.54) is 11.1 Å². The van der Waals surface area contributed by atoms with Crippen molar-refractivity contribution >= 4 is 5.78 Å². The van der Waals surface area contributed by atoms with Crippen molar-refractivity contribution in [1.82, 2.24) is 0 Å². The highest BCUT2D eigenvalue weighted by Crippen LogP contribution is 2.63. The van der Waals surface area contributed by atoms with Crippen LogP contribution in [0, 0.1) is 29.6 Å². The molecule has 0 radical (unpaired) electrons. The first kappa shape index (κ1) is 15.2. The number of terminal acetylenes is 1. The van der Waals surface area contributed by atoms with Crippen LogP contribution in [-0.2, 0) is 4.79 Å². The van der Waals surface area contributed by atoms with Gasteiger partial charge in [0.15, 0.2) is 5.78 Å². The fourth-order valence-corrected chi connectivity index (χ4v) is 6.20. The fourth-order valence-electron chi connectivity index (χ4n) is 6.20. The van der Waals surface area contributed by atoms with Gasteiger partial charge in [-0.05, 0) is 69.3 Å². The zero-order valence-electron chi connectivity index (χ0n) is 14.0. The second-order valence-corrected chi connectivity index (χ2v) is 7.92. The van der Waals surface area contributed by atoms with Crippen molar-refractivity contribution < 1.29 is 9.90 Å². The summed E-state index contributed by atoms with van der Waals surface area (Å²) in [6, 6.07) is 0. The third-order valence-corrected chi connectivity index (χ3v) is 7.36. The molecule has 0 aliphatic heterocycles. The van der Waals surface area contributed by atoms with Gasteiger partial charge in [0.25, 0.3) is 0 Å². The highest BCUT2D eigenvalue weighted by Gasteiger charge is 2.58. The van der Waals surface area contributed by atoms with Crippen LogP contribution in [0.15, 0.2) is 22.8 Å². The molecule has 0 bridgehead atoms. The van der Waals surface area contributed by atoms with Crippen LogP contribution < -0.4 is 0 Å². The standard InChI is InChI=1S/C21H26O2/c1-3-20-11-9-17-16-8-6-15(22)13-14(16)5-7-18(17)19(20)10-12-21(20,23)4-2/h2,13,16-17,23H,3,5-12H2,1H3. The number of ketones is 1. The molecule has 0 saturated heterocycles. The molecule has 4 aliphatic rings. The van der Waals surface area contributed by atoms with E-state index in [4.69, 9.17) is 6.42 Å². The van der Waals surface area contributed by atoms with Crippen molar-refractivity contribution in [2.45, 2.75) is 70.3 Å². The molecule has 0 aromatic carbocycles. The summed E-state index contributed by atoms with van der Waals surface area (Å²) in [5.41, 5.74) is 3.35. The summed E-state index contributed by atoms with van der Waals surface area (Å²) in [5, 5.41) is 11.1. The van der Waals surface area contributed by atoms with Crippen molar-refractivity contribution in [2.75, 3.05) is 0 Å². The number of hydrogen-bond donors (Lipinski definition) is 1. The Morgan fingerprint density at radius 3 is 2.78 bits per heavy atom. The fraction of sp³-hybridized carbons (Fsp3) is 0.667. The van der Waals surface area contributed by atoms with Crippen molar-refractivity contribution in [3.63, 3.8) is 0 Å². The van der Waals surface area contributed by atoms with Crippen LogP contribution in [0.25, 0.3) is 0 Å². The third-order valence-electron chi connectivity index (χ3n) is 7.36. The highest BCUT2D eigenvalue weighted by molar-refractivity contribution is 5.91. The number of rotatable bonds is 1. The molecule has 0 heterocycles. The van der Waals surface area contributed by atoms with Crippen LogP contribution in [0.2, 0.25) is 0 Å². The zero-order chi connectivity index (χ0) is 16.2. The predicted octanol–water partition coefficient (Wildman–Crippen LogP) is 3.95. The van der Waals surface area contributed by atoms with Crippen molar-refractivity contribution in [1.29, 1.82) is 0 Å². The highest BCUT2D eigenvalue weighted by atomic mass is 16.3. The average molecular weight is 310 g/mol. The van der Waals surface area contributed by atoms with Gasteiger partial charge >= 0.3 is 0 Å². The van der Waals surface area contributed by atoms with E-state index in [-0.39, 0.29) is 5.41 Å². The Kier molecular flexibility index (Phi) is 3.36. The summed E-state index contributed by atoms with van der Waals surface area (Å²) in [4.78, 5) is 11.7. The molecular formula is C21H26O2. The SMILES string of the molecule is C#CC1(O)CCC2=C3CCC4=CC(=O)CCC4C3CCC21CC. The Balaban J connectivity index is 1.78. The van der Waals surface area contributed by atoms with Gasteiger partial charge in [-0.1, -0.05) is 29.6 Å². The number of aliphatic hydroxyl groups is 1. The van der Waals surface area contributed by atoms with Gasteiger partial charge in [-0.3, -0.25) is 4.79 Å². The normalized spacial score (nSPS) is 42.5. The largest absolute Gasteiger partial charge is 0.377 e. The molecule has 23 heavy (non-hydrogen) atoms. The van der Waals surface area contributed by atoms with E-state index in [0.29, 0.717) is 24.0 Å². The first-order valence-electron chi connectivity index (χ1n) is 9.20. The summed E-state index contributed by atoms with van der Waals surface area (Å²) < 4.78 is 0.